The largest absolute Gasteiger partial charge is 0.444 e. The number of rotatable bonds is 0. The molecule has 4 nitrogen and oxygen atoms in total. The average Bonchev–Trinajstić information content (AvgIpc) is 2.12. The molecule has 5 bridgehead atoms. The molecule has 0 aromatic carbocycles. The molecule has 1 amide bonds. The Morgan fingerprint density at radius 1 is 1.41 bits per heavy atom. The summed E-state index contributed by atoms with van der Waals surface area (Å²) in [6.07, 6.45) is 3.81. The summed E-state index contributed by atoms with van der Waals surface area (Å²) >= 11 is 0. The lowest BCUT2D eigenvalue weighted by molar-refractivity contribution is -0.363. The molecule has 1 spiro atoms. The van der Waals surface area contributed by atoms with Crippen molar-refractivity contribution in [1.29, 1.82) is 0 Å². The van der Waals surface area contributed by atoms with Gasteiger partial charge in [0, 0.05) is 12.0 Å². The fourth-order valence-corrected chi connectivity index (χ4v) is 4.50. The molecule has 7 fully saturated rings. The van der Waals surface area contributed by atoms with Crippen LogP contribution < -0.4 is 0 Å². The number of piperidine rings is 2. The SMILES string of the molecule is CC(C)(C)OC(=O)N1C2CC3CC14CC(O3)C24. The molecule has 5 unspecified atom stereocenters. The molecule has 4 heteroatoms. The molecule has 2 aliphatic carbocycles. The third-order valence-corrected chi connectivity index (χ3v) is 4.84. The highest BCUT2D eigenvalue weighted by Gasteiger charge is 2.79. The predicted octanol–water partition coefficient (Wildman–Crippen LogP) is 1.93. The number of carbonyl (C=O) groups excluding carboxylic acids is 1. The first kappa shape index (κ1) is 10.2. The van der Waals surface area contributed by atoms with E-state index in [1.54, 1.807) is 0 Å². The first-order valence-corrected chi connectivity index (χ1v) is 6.58. The van der Waals surface area contributed by atoms with Crippen molar-refractivity contribution in [3.63, 3.8) is 0 Å². The van der Waals surface area contributed by atoms with Gasteiger partial charge in [0.2, 0.25) is 0 Å². The Morgan fingerprint density at radius 2 is 2.18 bits per heavy atom. The van der Waals surface area contributed by atoms with Crippen molar-refractivity contribution in [3.8, 4) is 0 Å². The quantitative estimate of drug-likeness (QED) is 0.646. The Kier molecular flexibility index (Phi) is 1.58. The summed E-state index contributed by atoms with van der Waals surface area (Å²) < 4.78 is 11.4. The second-order valence-corrected chi connectivity index (χ2v) is 6.99. The third-order valence-electron chi connectivity index (χ3n) is 4.84. The van der Waals surface area contributed by atoms with E-state index in [0.29, 0.717) is 24.2 Å². The summed E-state index contributed by atoms with van der Waals surface area (Å²) in [6.45, 7) is 5.78. The fraction of sp³-hybridized carbons (Fsp3) is 0.923. The Labute approximate surface area is 101 Å². The summed E-state index contributed by atoms with van der Waals surface area (Å²) in [7, 11) is 0. The number of nitrogens with zero attached hydrogens (tertiary/aromatic N) is 1. The van der Waals surface area contributed by atoms with Crippen molar-refractivity contribution in [2.75, 3.05) is 0 Å². The topological polar surface area (TPSA) is 38.8 Å². The van der Waals surface area contributed by atoms with Crippen molar-refractivity contribution in [1.82, 2.24) is 4.90 Å². The van der Waals surface area contributed by atoms with Crippen molar-refractivity contribution in [3.05, 3.63) is 0 Å². The van der Waals surface area contributed by atoms with Gasteiger partial charge in [-0.05, 0) is 40.0 Å². The van der Waals surface area contributed by atoms with E-state index in [0.717, 1.165) is 19.3 Å². The summed E-state index contributed by atoms with van der Waals surface area (Å²) in [5.74, 6) is 0.611. The molecule has 5 saturated heterocycles. The van der Waals surface area contributed by atoms with Crippen molar-refractivity contribution in [2.24, 2.45) is 5.92 Å². The van der Waals surface area contributed by atoms with E-state index in [-0.39, 0.29) is 11.6 Å². The molecule has 2 saturated carbocycles. The Bertz CT molecular complexity index is 400. The monoisotopic (exact) mass is 237 g/mol. The van der Waals surface area contributed by atoms with Gasteiger partial charge in [0.25, 0.3) is 0 Å². The van der Waals surface area contributed by atoms with E-state index in [4.69, 9.17) is 9.47 Å². The molecule has 0 aromatic rings. The normalized spacial score (nSPS) is 49.5. The van der Waals surface area contributed by atoms with E-state index in [2.05, 4.69) is 0 Å². The van der Waals surface area contributed by atoms with E-state index >= 15 is 0 Å². The first-order chi connectivity index (χ1) is 7.91. The van der Waals surface area contributed by atoms with Crippen LogP contribution in [0.4, 0.5) is 4.79 Å². The molecule has 7 aliphatic rings. The molecule has 5 atom stereocenters. The van der Waals surface area contributed by atoms with Crippen LogP contribution in [0.2, 0.25) is 0 Å². The van der Waals surface area contributed by atoms with Gasteiger partial charge in [0.1, 0.15) is 5.60 Å². The molecule has 0 N–H and O–H groups in total. The molecule has 7 rings (SSSR count). The lowest BCUT2D eigenvalue weighted by Gasteiger charge is -2.80. The standard InChI is InChI=1S/C13H19NO3/c1-12(2,3)17-11(15)14-8-4-7-5-13(14)6-9(16-7)10(8)13/h7-10H,4-6H2,1-3H3. The Balaban J connectivity index is 1.56. The summed E-state index contributed by atoms with van der Waals surface area (Å²) in [6, 6.07) is 0.399. The van der Waals surface area contributed by atoms with E-state index in [1.807, 2.05) is 25.7 Å². The van der Waals surface area contributed by atoms with Gasteiger partial charge in [-0.15, -0.1) is 0 Å². The summed E-state index contributed by atoms with van der Waals surface area (Å²) in [4.78, 5) is 14.2. The van der Waals surface area contributed by atoms with Crippen LogP contribution in [-0.4, -0.2) is 40.4 Å². The van der Waals surface area contributed by atoms with Crippen LogP contribution in [-0.2, 0) is 9.47 Å². The van der Waals surface area contributed by atoms with Gasteiger partial charge in [-0.2, -0.15) is 0 Å². The van der Waals surface area contributed by atoms with Gasteiger partial charge in [0.15, 0.2) is 0 Å². The minimum absolute atomic E-state index is 0.113. The van der Waals surface area contributed by atoms with Gasteiger partial charge in [-0.3, -0.25) is 4.90 Å². The smallest absolute Gasteiger partial charge is 0.411 e. The van der Waals surface area contributed by atoms with E-state index in [1.165, 1.54) is 0 Å². The molecule has 5 heterocycles. The lowest BCUT2D eigenvalue weighted by Crippen LogP contribution is -2.91. The lowest BCUT2D eigenvalue weighted by atomic mass is 9.44. The first-order valence-electron chi connectivity index (χ1n) is 6.58. The number of hydrogen-bond acceptors (Lipinski definition) is 3. The number of amides is 1. The Hall–Kier alpha value is -0.770. The van der Waals surface area contributed by atoms with Crippen molar-refractivity contribution >= 4 is 6.09 Å². The van der Waals surface area contributed by atoms with Crippen molar-refractivity contribution in [2.45, 2.75) is 69.4 Å². The van der Waals surface area contributed by atoms with Crippen LogP contribution in [0.25, 0.3) is 0 Å². The molecule has 0 radical (unpaired) electrons. The number of ether oxygens (including phenoxy) is 2. The van der Waals surface area contributed by atoms with Crippen LogP contribution in [0.15, 0.2) is 0 Å². The maximum atomic E-state index is 12.2. The van der Waals surface area contributed by atoms with E-state index < -0.39 is 5.60 Å². The maximum absolute atomic E-state index is 12.2. The molecular formula is C13H19NO3. The van der Waals surface area contributed by atoms with Crippen LogP contribution >= 0.6 is 0 Å². The fourth-order valence-electron chi connectivity index (χ4n) is 4.50. The highest BCUT2D eigenvalue weighted by molar-refractivity contribution is 5.73. The van der Waals surface area contributed by atoms with Crippen LogP contribution in [0.3, 0.4) is 0 Å². The average molecular weight is 237 g/mol. The molecule has 94 valence electrons. The van der Waals surface area contributed by atoms with Gasteiger partial charge >= 0.3 is 6.09 Å². The van der Waals surface area contributed by atoms with Crippen LogP contribution in [0, 0.1) is 5.92 Å². The third kappa shape index (κ3) is 1.06. The van der Waals surface area contributed by atoms with Crippen LogP contribution in [0.5, 0.6) is 0 Å². The van der Waals surface area contributed by atoms with Gasteiger partial charge in [-0.25, -0.2) is 4.79 Å². The van der Waals surface area contributed by atoms with Crippen molar-refractivity contribution < 1.29 is 14.3 Å². The summed E-state index contributed by atoms with van der Waals surface area (Å²) in [5.41, 5.74) is -0.269. The predicted molar refractivity (Wildman–Crippen MR) is 60.6 cm³/mol. The van der Waals surface area contributed by atoms with Gasteiger partial charge in [-0.1, -0.05) is 0 Å². The maximum Gasteiger partial charge on any atom is 0.411 e. The second kappa shape index (κ2) is 2.63. The molecular weight excluding hydrogens is 218 g/mol. The van der Waals surface area contributed by atoms with Crippen LogP contribution in [0.1, 0.15) is 40.0 Å². The zero-order valence-electron chi connectivity index (χ0n) is 10.6. The van der Waals surface area contributed by atoms with Gasteiger partial charge < -0.3 is 9.47 Å². The summed E-state index contributed by atoms with van der Waals surface area (Å²) in [5, 5.41) is 0. The highest BCUT2D eigenvalue weighted by atomic mass is 16.6. The number of carbonyl (C=O) groups is 1. The number of hydrogen-bond donors (Lipinski definition) is 0. The van der Waals surface area contributed by atoms with Gasteiger partial charge in [0.05, 0.1) is 17.7 Å². The molecule has 0 aromatic heterocycles. The van der Waals surface area contributed by atoms with E-state index in [9.17, 15) is 4.79 Å². The Morgan fingerprint density at radius 3 is 2.71 bits per heavy atom. The second-order valence-electron chi connectivity index (χ2n) is 6.99. The minimum atomic E-state index is -0.393. The molecule has 17 heavy (non-hydrogen) atoms. The zero-order valence-corrected chi connectivity index (χ0v) is 10.6. The molecule has 5 aliphatic heterocycles. The zero-order chi connectivity index (χ0) is 12.0. The minimum Gasteiger partial charge on any atom is -0.444 e. The highest BCUT2D eigenvalue weighted by Crippen LogP contribution is 2.68.